The second-order valence-electron chi connectivity index (χ2n) is 3.60. The van der Waals surface area contributed by atoms with Gasteiger partial charge < -0.3 is 10.1 Å². The fourth-order valence-corrected chi connectivity index (χ4v) is 1.29. The highest BCUT2D eigenvalue weighted by Crippen LogP contribution is 2.00. The Labute approximate surface area is 95.6 Å². The average Bonchev–Trinajstić information content (AvgIpc) is 2.79. The fourth-order valence-electron chi connectivity index (χ4n) is 1.29. The Bertz CT molecular complexity index is 285. The van der Waals surface area contributed by atoms with Crippen molar-refractivity contribution in [3.63, 3.8) is 0 Å². The van der Waals surface area contributed by atoms with E-state index in [2.05, 4.69) is 22.4 Å². The zero-order valence-electron chi connectivity index (χ0n) is 9.66. The summed E-state index contributed by atoms with van der Waals surface area (Å²) in [5, 5.41) is 9.35. The highest BCUT2D eigenvalue weighted by molar-refractivity contribution is 5.74. The van der Waals surface area contributed by atoms with Crippen molar-refractivity contribution in [1.82, 2.24) is 10.2 Å². The summed E-state index contributed by atoms with van der Waals surface area (Å²) in [5.41, 5.74) is 0. The van der Waals surface area contributed by atoms with Gasteiger partial charge in [0.25, 0.3) is 0 Å². The number of nitrogens with one attached hydrogen (secondary N) is 2. The Kier molecular flexibility index (Phi) is 6.06. The van der Waals surface area contributed by atoms with Gasteiger partial charge in [-0.25, -0.2) is 0 Å². The SMILES string of the molecule is CCCCCCOC(=O)CNc1ccn[nH]1. The van der Waals surface area contributed by atoms with Crippen LogP contribution in [-0.2, 0) is 9.53 Å². The number of carbonyl (C=O) groups excluding carboxylic acids is 1. The minimum absolute atomic E-state index is 0.177. The lowest BCUT2D eigenvalue weighted by Crippen LogP contribution is -2.17. The Morgan fingerprint density at radius 3 is 3.06 bits per heavy atom. The van der Waals surface area contributed by atoms with Gasteiger partial charge in [0, 0.05) is 0 Å². The molecule has 0 saturated carbocycles. The van der Waals surface area contributed by atoms with Crippen molar-refractivity contribution in [2.24, 2.45) is 0 Å². The van der Waals surface area contributed by atoms with E-state index in [1.165, 1.54) is 12.8 Å². The molecule has 0 radical (unpaired) electrons. The number of esters is 1. The van der Waals surface area contributed by atoms with Crippen molar-refractivity contribution >= 4 is 11.8 Å². The number of rotatable bonds is 8. The Balaban J connectivity index is 1.99. The molecule has 2 N–H and O–H groups in total. The molecular weight excluding hydrogens is 206 g/mol. The van der Waals surface area contributed by atoms with Gasteiger partial charge in [-0.05, 0) is 12.5 Å². The van der Waals surface area contributed by atoms with Gasteiger partial charge in [0.1, 0.15) is 12.4 Å². The van der Waals surface area contributed by atoms with E-state index in [0.29, 0.717) is 6.61 Å². The molecule has 0 bridgehead atoms. The topological polar surface area (TPSA) is 67.0 Å². The lowest BCUT2D eigenvalue weighted by atomic mass is 10.2. The minimum Gasteiger partial charge on any atom is -0.464 e. The monoisotopic (exact) mass is 225 g/mol. The van der Waals surface area contributed by atoms with Crippen LogP contribution in [0.3, 0.4) is 0 Å². The van der Waals surface area contributed by atoms with Gasteiger partial charge in [0.15, 0.2) is 0 Å². The highest BCUT2D eigenvalue weighted by Gasteiger charge is 2.02. The summed E-state index contributed by atoms with van der Waals surface area (Å²) >= 11 is 0. The summed E-state index contributed by atoms with van der Waals surface area (Å²) in [5.74, 6) is 0.494. The van der Waals surface area contributed by atoms with Gasteiger partial charge in [0.2, 0.25) is 0 Å². The van der Waals surface area contributed by atoms with E-state index >= 15 is 0 Å². The number of hydrogen-bond donors (Lipinski definition) is 2. The Morgan fingerprint density at radius 2 is 2.38 bits per heavy atom. The predicted octanol–water partition coefficient (Wildman–Crippen LogP) is 1.95. The molecule has 1 aromatic rings. The number of ether oxygens (including phenoxy) is 1. The lowest BCUT2D eigenvalue weighted by Gasteiger charge is -2.05. The molecule has 0 fully saturated rings. The van der Waals surface area contributed by atoms with Crippen molar-refractivity contribution in [3.8, 4) is 0 Å². The quantitative estimate of drug-likeness (QED) is 0.524. The molecule has 1 aromatic heterocycles. The van der Waals surface area contributed by atoms with E-state index in [4.69, 9.17) is 4.74 Å². The molecule has 0 saturated heterocycles. The van der Waals surface area contributed by atoms with Gasteiger partial charge in [-0.1, -0.05) is 26.2 Å². The fraction of sp³-hybridized carbons (Fsp3) is 0.636. The molecule has 0 aromatic carbocycles. The summed E-state index contributed by atoms with van der Waals surface area (Å²) in [7, 11) is 0. The number of H-pyrrole nitrogens is 1. The first kappa shape index (κ1) is 12.5. The summed E-state index contributed by atoms with van der Waals surface area (Å²) in [6.45, 7) is 2.85. The van der Waals surface area contributed by atoms with Crippen molar-refractivity contribution in [2.45, 2.75) is 32.6 Å². The van der Waals surface area contributed by atoms with Gasteiger partial charge in [0.05, 0.1) is 12.8 Å². The summed E-state index contributed by atoms with van der Waals surface area (Å²) in [6, 6.07) is 1.76. The third kappa shape index (κ3) is 5.38. The maximum Gasteiger partial charge on any atom is 0.325 e. The number of carbonyl (C=O) groups is 1. The predicted molar refractivity (Wildman–Crippen MR) is 62.2 cm³/mol. The molecule has 16 heavy (non-hydrogen) atoms. The Morgan fingerprint density at radius 1 is 1.50 bits per heavy atom. The van der Waals surface area contributed by atoms with Crippen molar-refractivity contribution in [1.29, 1.82) is 0 Å². The molecule has 90 valence electrons. The second kappa shape index (κ2) is 7.73. The van der Waals surface area contributed by atoms with Crippen LogP contribution < -0.4 is 5.32 Å². The average molecular weight is 225 g/mol. The van der Waals surface area contributed by atoms with Gasteiger partial charge in [-0.3, -0.25) is 9.89 Å². The molecule has 1 heterocycles. The standard InChI is InChI=1S/C11H19N3O2/c1-2-3-4-5-8-16-11(15)9-12-10-6-7-13-14-10/h6-7H,2-5,8-9H2,1H3,(H2,12,13,14). The van der Waals surface area contributed by atoms with Crippen molar-refractivity contribution in [3.05, 3.63) is 12.3 Å². The van der Waals surface area contributed by atoms with Crippen LogP contribution in [0.5, 0.6) is 0 Å². The zero-order chi connectivity index (χ0) is 11.6. The second-order valence-corrected chi connectivity index (χ2v) is 3.60. The normalized spacial score (nSPS) is 10.1. The largest absolute Gasteiger partial charge is 0.464 e. The third-order valence-corrected chi connectivity index (χ3v) is 2.18. The van der Waals surface area contributed by atoms with Crippen molar-refractivity contribution < 1.29 is 9.53 Å². The summed E-state index contributed by atoms with van der Waals surface area (Å²) in [6.07, 6.45) is 6.08. The first-order valence-corrected chi connectivity index (χ1v) is 5.71. The van der Waals surface area contributed by atoms with Crippen LogP contribution in [0.2, 0.25) is 0 Å². The van der Waals surface area contributed by atoms with E-state index in [9.17, 15) is 4.79 Å². The highest BCUT2D eigenvalue weighted by atomic mass is 16.5. The smallest absolute Gasteiger partial charge is 0.325 e. The molecule has 0 aliphatic rings. The van der Waals surface area contributed by atoms with Crippen LogP contribution in [0.15, 0.2) is 12.3 Å². The number of nitrogens with zero attached hydrogens (tertiary/aromatic N) is 1. The summed E-state index contributed by atoms with van der Waals surface area (Å²) in [4.78, 5) is 11.3. The van der Waals surface area contributed by atoms with E-state index in [0.717, 1.165) is 18.7 Å². The molecular formula is C11H19N3O2. The maximum absolute atomic E-state index is 11.3. The molecule has 5 heteroatoms. The molecule has 0 atom stereocenters. The first-order chi connectivity index (χ1) is 7.83. The number of unbranched alkanes of at least 4 members (excludes halogenated alkanes) is 3. The third-order valence-electron chi connectivity index (χ3n) is 2.18. The van der Waals surface area contributed by atoms with E-state index in [1.807, 2.05) is 0 Å². The van der Waals surface area contributed by atoms with Crippen LogP contribution in [0.4, 0.5) is 5.82 Å². The summed E-state index contributed by atoms with van der Waals surface area (Å²) < 4.78 is 5.05. The zero-order valence-corrected chi connectivity index (χ0v) is 9.66. The van der Waals surface area contributed by atoms with Gasteiger partial charge in [-0.15, -0.1) is 0 Å². The lowest BCUT2D eigenvalue weighted by molar-refractivity contribution is -0.141. The number of aromatic amines is 1. The van der Waals surface area contributed by atoms with Gasteiger partial charge >= 0.3 is 5.97 Å². The van der Waals surface area contributed by atoms with Crippen LogP contribution >= 0.6 is 0 Å². The van der Waals surface area contributed by atoms with Crippen LogP contribution in [0.1, 0.15) is 32.6 Å². The molecule has 0 aliphatic heterocycles. The maximum atomic E-state index is 11.3. The molecule has 0 aliphatic carbocycles. The first-order valence-electron chi connectivity index (χ1n) is 5.71. The van der Waals surface area contributed by atoms with Crippen LogP contribution in [0.25, 0.3) is 0 Å². The number of hydrogen-bond acceptors (Lipinski definition) is 4. The molecule has 5 nitrogen and oxygen atoms in total. The molecule has 0 amide bonds. The van der Waals surface area contributed by atoms with Gasteiger partial charge in [-0.2, -0.15) is 5.10 Å². The van der Waals surface area contributed by atoms with E-state index < -0.39 is 0 Å². The van der Waals surface area contributed by atoms with E-state index in [1.54, 1.807) is 12.3 Å². The van der Waals surface area contributed by atoms with Crippen molar-refractivity contribution in [2.75, 3.05) is 18.5 Å². The molecule has 1 rings (SSSR count). The molecule has 0 spiro atoms. The van der Waals surface area contributed by atoms with Crippen LogP contribution in [-0.4, -0.2) is 29.3 Å². The number of aromatic nitrogens is 2. The minimum atomic E-state index is -0.230. The van der Waals surface area contributed by atoms with Crippen LogP contribution in [0, 0.1) is 0 Å². The van der Waals surface area contributed by atoms with E-state index in [-0.39, 0.29) is 12.5 Å². The number of anilines is 1. The molecule has 0 unspecified atom stereocenters. The Hall–Kier alpha value is -1.52.